The van der Waals surface area contributed by atoms with E-state index in [4.69, 9.17) is 14.7 Å². The van der Waals surface area contributed by atoms with E-state index in [-0.39, 0.29) is 11.3 Å². The van der Waals surface area contributed by atoms with Gasteiger partial charge in [0, 0.05) is 11.3 Å². The molecule has 1 saturated heterocycles. The highest BCUT2D eigenvalue weighted by Crippen LogP contribution is 2.43. The third kappa shape index (κ3) is 3.89. The molecule has 1 N–H and O–H groups in total. The highest BCUT2D eigenvalue weighted by molar-refractivity contribution is 6.51. The number of benzene rings is 3. The summed E-state index contributed by atoms with van der Waals surface area (Å²) in [5.41, 5.74) is 2.86. The van der Waals surface area contributed by atoms with Crippen molar-refractivity contribution in [1.29, 1.82) is 5.26 Å². The quantitative estimate of drug-likeness (QED) is 0.345. The molecule has 0 bridgehead atoms. The van der Waals surface area contributed by atoms with Gasteiger partial charge < -0.3 is 14.6 Å². The Balaban J connectivity index is 1.69. The first-order chi connectivity index (χ1) is 17.0. The molecule has 0 aliphatic carbocycles. The van der Waals surface area contributed by atoms with Gasteiger partial charge in [-0.3, -0.25) is 14.5 Å². The Morgan fingerprint density at radius 2 is 1.91 bits per heavy atom. The second kappa shape index (κ2) is 8.99. The number of anilines is 1. The molecule has 174 valence electrons. The number of amides is 1. The minimum atomic E-state index is -0.884. The molecule has 2 heterocycles. The van der Waals surface area contributed by atoms with Crippen molar-refractivity contribution >= 4 is 23.1 Å². The summed E-state index contributed by atoms with van der Waals surface area (Å²) in [6.45, 7) is 0.643. The number of ketones is 1. The second-order valence-electron chi connectivity index (χ2n) is 8.38. The van der Waals surface area contributed by atoms with E-state index in [1.807, 2.05) is 12.1 Å². The Bertz CT molecular complexity index is 1400. The van der Waals surface area contributed by atoms with Gasteiger partial charge in [-0.05, 0) is 78.6 Å². The van der Waals surface area contributed by atoms with E-state index in [9.17, 15) is 14.7 Å². The zero-order valence-corrected chi connectivity index (χ0v) is 19.0. The van der Waals surface area contributed by atoms with E-state index in [1.54, 1.807) is 60.7 Å². The number of nitrogens with zero attached hydrogens (tertiary/aromatic N) is 2. The lowest BCUT2D eigenvalue weighted by atomic mass is 9.93. The number of ether oxygens (including phenoxy) is 2. The molecule has 0 aromatic heterocycles. The number of aliphatic hydroxyl groups is 1. The average molecular weight is 466 g/mol. The van der Waals surface area contributed by atoms with Crippen LogP contribution in [0, 0.1) is 11.3 Å². The Morgan fingerprint density at radius 3 is 2.66 bits per heavy atom. The maximum absolute atomic E-state index is 13.3. The summed E-state index contributed by atoms with van der Waals surface area (Å²) in [6.07, 6.45) is 1.67. The zero-order valence-electron chi connectivity index (χ0n) is 19.0. The Labute approximate surface area is 202 Å². The van der Waals surface area contributed by atoms with Gasteiger partial charge in [0.05, 0.1) is 37.0 Å². The van der Waals surface area contributed by atoms with Crippen molar-refractivity contribution in [2.45, 2.75) is 18.9 Å². The molecular formula is C28H22N2O5. The fourth-order valence-corrected chi connectivity index (χ4v) is 4.59. The second-order valence-corrected chi connectivity index (χ2v) is 8.38. The molecule has 1 atom stereocenters. The molecule has 3 aromatic rings. The Morgan fingerprint density at radius 1 is 1.11 bits per heavy atom. The first kappa shape index (κ1) is 22.2. The maximum atomic E-state index is 13.3. The molecule has 2 aliphatic rings. The number of rotatable bonds is 4. The third-order valence-corrected chi connectivity index (χ3v) is 6.31. The largest absolute Gasteiger partial charge is 0.507 e. The molecular weight excluding hydrogens is 444 g/mol. The number of nitriles is 1. The highest BCUT2D eigenvalue weighted by atomic mass is 16.5. The van der Waals surface area contributed by atoms with E-state index in [0.29, 0.717) is 34.7 Å². The number of Topliss-reactive ketones (excluding diaryl/α,β-unsaturated/α-hetero) is 1. The van der Waals surface area contributed by atoms with E-state index in [2.05, 4.69) is 0 Å². The van der Waals surface area contributed by atoms with Crippen molar-refractivity contribution in [2.24, 2.45) is 0 Å². The smallest absolute Gasteiger partial charge is 0.300 e. The molecule has 0 spiro atoms. The number of aliphatic hydroxyl groups excluding tert-OH is 1. The lowest BCUT2D eigenvalue weighted by Gasteiger charge is -2.26. The van der Waals surface area contributed by atoms with Crippen molar-refractivity contribution in [3.05, 3.63) is 94.6 Å². The van der Waals surface area contributed by atoms with E-state index in [1.165, 1.54) is 12.0 Å². The summed E-state index contributed by atoms with van der Waals surface area (Å²) in [5.74, 6) is -0.478. The molecule has 7 nitrogen and oxygen atoms in total. The molecule has 1 amide bonds. The molecule has 2 aliphatic heterocycles. The number of carbonyl (C=O) groups excluding carboxylic acids is 2. The molecule has 35 heavy (non-hydrogen) atoms. The van der Waals surface area contributed by atoms with Gasteiger partial charge in [0.1, 0.15) is 17.3 Å². The molecule has 1 fully saturated rings. The molecule has 0 radical (unpaired) electrons. The van der Waals surface area contributed by atoms with Gasteiger partial charge >= 0.3 is 0 Å². The lowest BCUT2D eigenvalue weighted by molar-refractivity contribution is -0.132. The van der Waals surface area contributed by atoms with Crippen LogP contribution < -0.4 is 14.4 Å². The predicted molar refractivity (Wildman–Crippen MR) is 129 cm³/mol. The number of aryl methyl sites for hydroxylation is 1. The Hall–Kier alpha value is -4.57. The van der Waals surface area contributed by atoms with E-state index < -0.39 is 17.7 Å². The molecule has 3 aromatic carbocycles. The van der Waals surface area contributed by atoms with Crippen LogP contribution in [0.25, 0.3) is 5.76 Å². The van der Waals surface area contributed by atoms with E-state index in [0.717, 1.165) is 24.2 Å². The standard InChI is InChI=1S/C28H22N2O5/c1-34-22-6-2-4-19(15-22)25-24(26(31)20-9-12-23-18(14-20)5-3-13-35-23)27(32)28(33)30(25)21-10-7-17(16-29)8-11-21/h2,4,6-12,14-15,25,31H,3,5,13H2,1H3/b26-24-. The fraction of sp³-hybridized carbons (Fsp3) is 0.179. The molecule has 0 saturated carbocycles. The van der Waals surface area contributed by atoms with Gasteiger partial charge in [0.2, 0.25) is 0 Å². The minimum Gasteiger partial charge on any atom is -0.507 e. The predicted octanol–water partition coefficient (Wildman–Crippen LogP) is 4.52. The van der Waals surface area contributed by atoms with Crippen LogP contribution in [0.5, 0.6) is 11.5 Å². The van der Waals surface area contributed by atoms with Crippen molar-refractivity contribution < 1.29 is 24.2 Å². The summed E-state index contributed by atoms with van der Waals surface area (Å²) in [4.78, 5) is 28.0. The number of hydrogen-bond donors (Lipinski definition) is 1. The van der Waals surface area contributed by atoms with Gasteiger partial charge in [-0.2, -0.15) is 5.26 Å². The van der Waals surface area contributed by atoms with Gasteiger partial charge in [0.25, 0.3) is 11.7 Å². The average Bonchev–Trinajstić information content (AvgIpc) is 3.18. The summed E-state index contributed by atoms with van der Waals surface area (Å²) >= 11 is 0. The highest BCUT2D eigenvalue weighted by Gasteiger charge is 2.47. The van der Waals surface area contributed by atoms with Crippen molar-refractivity contribution in [3.8, 4) is 17.6 Å². The van der Waals surface area contributed by atoms with Gasteiger partial charge in [-0.1, -0.05) is 12.1 Å². The first-order valence-electron chi connectivity index (χ1n) is 11.2. The maximum Gasteiger partial charge on any atom is 0.300 e. The van der Waals surface area contributed by atoms with Crippen molar-refractivity contribution in [2.75, 3.05) is 18.6 Å². The summed E-state index contributed by atoms with van der Waals surface area (Å²) in [6, 6.07) is 19.9. The van der Waals surface area contributed by atoms with E-state index >= 15 is 0 Å². The number of fused-ring (bicyclic) bond motifs is 1. The van der Waals surface area contributed by atoms with Crippen LogP contribution >= 0.6 is 0 Å². The molecule has 5 rings (SSSR count). The number of methoxy groups -OCH3 is 1. The monoisotopic (exact) mass is 466 g/mol. The first-order valence-corrected chi connectivity index (χ1v) is 11.2. The van der Waals surface area contributed by atoms with Gasteiger partial charge in [-0.25, -0.2) is 0 Å². The van der Waals surface area contributed by atoms with Crippen LogP contribution in [0.4, 0.5) is 5.69 Å². The SMILES string of the molecule is COc1cccc(C2/C(=C(/O)c3ccc4c(c3)CCCO4)C(=O)C(=O)N2c2ccc(C#N)cc2)c1. The zero-order chi connectivity index (χ0) is 24.5. The molecule has 1 unspecified atom stereocenters. The van der Waals surface area contributed by atoms with Crippen LogP contribution in [-0.2, 0) is 16.0 Å². The van der Waals surface area contributed by atoms with Crippen LogP contribution in [0.15, 0.2) is 72.3 Å². The van der Waals surface area contributed by atoms with Crippen LogP contribution in [0.1, 0.15) is 34.7 Å². The fourth-order valence-electron chi connectivity index (χ4n) is 4.59. The van der Waals surface area contributed by atoms with Crippen LogP contribution in [-0.4, -0.2) is 30.5 Å². The van der Waals surface area contributed by atoms with Crippen LogP contribution in [0.3, 0.4) is 0 Å². The normalized spacial score (nSPS) is 18.5. The van der Waals surface area contributed by atoms with Crippen molar-refractivity contribution in [3.63, 3.8) is 0 Å². The van der Waals surface area contributed by atoms with Gasteiger partial charge in [0.15, 0.2) is 0 Å². The minimum absolute atomic E-state index is 0.00992. The van der Waals surface area contributed by atoms with Crippen molar-refractivity contribution in [1.82, 2.24) is 0 Å². The number of hydrogen-bond acceptors (Lipinski definition) is 6. The molecule has 7 heteroatoms. The lowest BCUT2D eigenvalue weighted by Crippen LogP contribution is -2.29. The summed E-state index contributed by atoms with van der Waals surface area (Å²) in [5, 5.41) is 20.5. The van der Waals surface area contributed by atoms with Gasteiger partial charge in [-0.15, -0.1) is 0 Å². The summed E-state index contributed by atoms with van der Waals surface area (Å²) in [7, 11) is 1.53. The topological polar surface area (TPSA) is 99.9 Å². The summed E-state index contributed by atoms with van der Waals surface area (Å²) < 4.78 is 11.0. The Kier molecular flexibility index (Phi) is 5.71. The number of carbonyl (C=O) groups is 2. The van der Waals surface area contributed by atoms with Crippen LogP contribution in [0.2, 0.25) is 0 Å². The third-order valence-electron chi connectivity index (χ3n) is 6.31.